The Morgan fingerprint density at radius 1 is 1.24 bits per heavy atom. The number of nitrogens with one attached hydrogen (secondary N) is 1. The van der Waals surface area contributed by atoms with Gasteiger partial charge in [-0.1, -0.05) is 13.8 Å². The Hall–Kier alpha value is -1.20. The van der Waals surface area contributed by atoms with Gasteiger partial charge in [-0.3, -0.25) is 0 Å². The summed E-state index contributed by atoms with van der Waals surface area (Å²) >= 11 is 0. The first kappa shape index (κ1) is 16.2. The molecule has 1 aromatic heterocycles. The average molecular weight is 293 g/mol. The van der Waals surface area contributed by atoms with Crippen LogP contribution in [0.5, 0.6) is 5.75 Å². The molecule has 3 unspecified atom stereocenters. The molecular formula is C16H27N3O2. The van der Waals surface area contributed by atoms with Gasteiger partial charge in [0.2, 0.25) is 0 Å². The lowest BCUT2D eigenvalue weighted by Gasteiger charge is -2.38. The number of rotatable bonds is 5. The highest BCUT2D eigenvalue weighted by Gasteiger charge is 2.32. The second-order valence-corrected chi connectivity index (χ2v) is 6.44. The van der Waals surface area contributed by atoms with Gasteiger partial charge in [0.1, 0.15) is 5.82 Å². The molecular weight excluding hydrogens is 266 g/mol. The summed E-state index contributed by atoms with van der Waals surface area (Å²) in [6.07, 6.45) is 5.68. The van der Waals surface area contributed by atoms with Gasteiger partial charge in [-0.15, -0.1) is 0 Å². The van der Waals surface area contributed by atoms with Crippen molar-refractivity contribution in [3.05, 3.63) is 18.2 Å². The first-order valence-corrected chi connectivity index (χ1v) is 7.86. The molecule has 21 heavy (non-hydrogen) atoms. The van der Waals surface area contributed by atoms with E-state index in [2.05, 4.69) is 29.1 Å². The van der Waals surface area contributed by atoms with E-state index in [1.54, 1.807) is 12.4 Å². The minimum atomic E-state index is 0.116. The molecule has 2 heterocycles. The van der Waals surface area contributed by atoms with Gasteiger partial charge >= 0.3 is 0 Å². The summed E-state index contributed by atoms with van der Waals surface area (Å²) in [5, 5.41) is 13.1. The third-order valence-corrected chi connectivity index (χ3v) is 4.11. The number of aromatic nitrogens is 2. The van der Waals surface area contributed by atoms with Crippen LogP contribution in [0.3, 0.4) is 0 Å². The van der Waals surface area contributed by atoms with Gasteiger partial charge in [0.15, 0.2) is 5.75 Å². The van der Waals surface area contributed by atoms with Crippen LogP contribution in [0.15, 0.2) is 12.4 Å². The summed E-state index contributed by atoms with van der Waals surface area (Å²) in [4.78, 5) is 8.83. The molecule has 0 amide bonds. The van der Waals surface area contributed by atoms with E-state index in [0.717, 1.165) is 18.7 Å². The zero-order valence-electron chi connectivity index (χ0n) is 13.4. The minimum Gasteiger partial charge on any atom is -0.488 e. The van der Waals surface area contributed by atoms with E-state index >= 15 is 0 Å². The van der Waals surface area contributed by atoms with Crippen molar-refractivity contribution in [2.45, 2.75) is 58.7 Å². The van der Waals surface area contributed by atoms with Crippen LogP contribution in [-0.2, 0) is 0 Å². The van der Waals surface area contributed by atoms with Crippen LogP contribution < -0.4 is 10.1 Å². The third-order valence-electron chi connectivity index (χ3n) is 4.11. The zero-order chi connectivity index (χ0) is 15.4. The molecule has 5 nitrogen and oxygen atoms in total. The standard InChI is InChI=1S/C16H27N3O2/c1-10(2)13-5-6-14(19-15(13)9-20)16-17-7-12(8-18-16)21-11(3)4/h7-8,10-11,13-15,19-20H,5-6,9H2,1-4H3. The van der Waals surface area contributed by atoms with Crippen LogP contribution >= 0.6 is 0 Å². The van der Waals surface area contributed by atoms with Crippen LogP contribution in [0.2, 0.25) is 0 Å². The second kappa shape index (κ2) is 7.18. The molecule has 5 heteroatoms. The van der Waals surface area contributed by atoms with Crippen molar-refractivity contribution in [3.8, 4) is 5.75 Å². The highest BCUT2D eigenvalue weighted by Crippen LogP contribution is 2.32. The molecule has 0 radical (unpaired) electrons. The highest BCUT2D eigenvalue weighted by molar-refractivity contribution is 5.14. The van der Waals surface area contributed by atoms with Gasteiger partial charge in [-0.05, 0) is 38.5 Å². The lowest BCUT2D eigenvalue weighted by Crippen LogP contribution is -2.47. The number of aliphatic hydroxyl groups is 1. The number of hydrogen-bond donors (Lipinski definition) is 2. The topological polar surface area (TPSA) is 67.3 Å². The molecule has 2 rings (SSSR count). The minimum absolute atomic E-state index is 0.116. The zero-order valence-corrected chi connectivity index (χ0v) is 13.4. The Morgan fingerprint density at radius 3 is 2.43 bits per heavy atom. The van der Waals surface area contributed by atoms with Gasteiger partial charge in [0.25, 0.3) is 0 Å². The first-order valence-electron chi connectivity index (χ1n) is 7.86. The fraction of sp³-hybridized carbons (Fsp3) is 0.750. The summed E-state index contributed by atoms with van der Waals surface area (Å²) in [5.74, 6) is 2.56. The maximum absolute atomic E-state index is 9.59. The van der Waals surface area contributed by atoms with Crippen LogP contribution in [0.1, 0.15) is 52.4 Å². The van der Waals surface area contributed by atoms with E-state index in [-0.39, 0.29) is 24.8 Å². The van der Waals surface area contributed by atoms with E-state index in [4.69, 9.17) is 4.74 Å². The van der Waals surface area contributed by atoms with Crippen LogP contribution in [0.25, 0.3) is 0 Å². The third kappa shape index (κ3) is 4.14. The SMILES string of the molecule is CC(C)Oc1cnc(C2CCC(C(C)C)C(CO)N2)nc1. The molecule has 1 aromatic rings. The molecule has 1 aliphatic heterocycles. The molecule has 0 aromatic carbocycles. The van der Waals surface area contributed by atoms with Crippen LogP contribution in [-0.4, -0.2) is 33.8 Å². The van der Waals surface area contributed by atoms with Crippen molar-refractivity contribution >= 4 is 0 Å². The lowest BCUT2D eigenvalue weighted by molar-refractivity contribution is 0.117. The van der Waals surface area contributed by atoms with Crippen molar-refractivity contribution in [3.63, 3.8) is 0 Å². The Balaban J connectivity index is 2.02. The quantitative estimate of drug-likeness (QED) is 0.872. The van der Waals surface area contributed by atoms with E-state index in [9.17, 15) is 5.11 Å². The second-order valence-electron chi connectivity index (χ2n) is 6.44. The average Bonchev–Trinajstić information content (AvgIpc) is 2.46. The maximum Gasteiger partial charge on any atom is 0.156 e. The van der Waals surface area contributed by atoms with Crippen LogP contribution in [0.4, 0.5) is 0 Å². The predicted octanol–water partition coefficient (Wildman–Crippen LogP) is 2.32. The fourth-order valence-electron chi connectivity index (χ4n) is 3.05. The molecule has 3 atom stereocenters. The van der Waals surface area contributed by atoms with Crippen LogP contribution in [0, 0.1) is 11.8 Å². The summed E-state index contributed by atoms with van der Waals surface area (Å²) in [6.45, 7) is 8.55. The highest BCUT2D eigenvalue weighted by atomic mass is 16.5. The molecule has 1 saturated heterocycles. The number of nitrogens with zero attached hydrogens (tertiary/aromatic N) is 2. The van der Waals surface area contributed by atoms with Crippen molar-refractivity contribution in [2.24, 2.45) is 11.8 Å². The number of aliphatic hydroxyl groups excluding tert-OH is 1. The molecule has 0 bridgehead atoms. The number of piperidine rings is 1. The van der Waals surface area contributed by atoms with E-state index < -0.39 is 0 Å². The normalized spacial score (nSPS) is 26.3. The number of hydrogen-bond acceptors (Lipinski definition) is 5. The van der Waals surface area contributed by atoms with Gasteiger partial charge in [0.05, 0.1) is 31.1 Å². The summed E-state index contributed by atoms with van der Waals surface area (Å²) in [5.41, 5.74) is 0. The van der Waals surface area contributed by atoms with Crippen molar-refractivity contribution in [1.29, 1.82) is 0 Å². The van der Waals surface area contributed by atoms with E-state index in [1.165, 1.54) is 0 Å². The smallest absolute Gasteiger partial charge is 0.156 e. The summed E-state index contributed by atoms with van der Waals surface area (Å²) in [6, 6.07) is 0.240. The summed E-state index contributed by atoms with van der Waals surface area (Å²) in [7, 11) is 0. The first-order chi connectivity index (χ1) is 10.0. The molecule has 1 aliphatic rings. The Morgan fingerprint density at radius 2 is 1.90 bits per heavy atom. The fourth-order valence-corrected chi connectivity index (χ4v) is 3.05. The molecule has 0 aliphatic carbocycles. The Labute approximate surface area is 127 Å². The van der Waals surface area contributed by atoms with Gasteiger partial charge in [0, 0.05) is 6.04 Å². The summed E-state index contributed by atoms with van der Waals surface area (Å²) < 4.78 is 5.56. The molecule has 1 fully saturated rings. The maximum atomic E-state index is 9.59. The largest absolute Gasteiger partial charge is 0.488 e. The monoisotopic (exact) mass is 293 g/mol. The molecule has 2 N–H and O–H groups in total. The van der Waals surface area contributed by atoms with E-state index in [1.807, 2.05) is 13.8 Å². The Bertz CT molecular complexity index is 434. The lowest BCUT2D eigenvalue weighted by atomic mass is 9.80. The van der Waals surface area contributed by atoms with Gasteiger partial charge in [-0.2, -0.15) is 0 Å². The van der Waals surface area contributed by atoms with E-state index in [0.29, 0.717) is 17.6 Å². The molecule has 0 saturated carbocycles. The van der Waals surface area contributed by atoms with Gasteiger partial charge in [-0.25, -0.2) is 9.97 Å². The van der Waals surface area contributed by atoms with Crippen molar-refractivity contribution in [2.75, 3.05) is 6.61 Å². The predicted molar refractivity (Wildman–Crippen MR) is 82.1 cm³/mol. The molecule has 0 spiro atoms. The number of ether oxygens (including phenoxy) is 1. The Kier molecular flexibility index (Phi) is 5.53. The van der Waals surface area contributed by atoms with Crippen molar-refractivity contribution in [1.82, 2.24) is 15.3 Å². The van der Waals surface area contributed by atoms with Crippen molar-refractivity contribution < 1.29 is 9.84 Å². The molecule has 118 valence electrons. The van der Waals surface area contributed by atoms with Gasteiger partial charge < -0.3 is 15.2 Å².